The number of carbonyl (C=O) groups excluding carboxylic acids is 2. The van der Waals surface area contributed by atoms with Gasteiger partial charge >= 0.3 is 11.9 Å². The van der Waals surface area contributed by atoms with Crippen LogP contribution in [0.2, 0.25) is 0 Å². The highest BCUT2D eigenvalue weighted by Gasteiger charge is 2.62. The summed E-state index contributed by atoms with van der Waals surface area (Å²) in [4.78, 5) is 22.8. The van der Waals surface area contributed by atoms with Crippen molar-refractivity contribution in [3.8, 4) is 0 Å². The Morgan fingerprint density at radius 2 is 1.92 bits per heavy atom. The Morgan fingerprint density at radius 3 is 2.38 bits per heavy atom. The van der Waals surface area contributed by atoms with Gasteiger partial charge in [-0.1, -0.05) is 6.08 Å². The van der Waals surface area contributed by atoms with Crippen molar-refractivity contribution in [3.05, 3.63) is 12.7 Å². The summed E-state index contributed by atoms with van der Waals surface area (Å²) < 4.78 is 9.72. The highest BCUT2D eigenvalue weighted by molar-refractivity contribution is 6.03. The Hall–Kier alpha value is -1.32. The van der Waals surface area contributed by atoms with Gasteiger partial charge in [0.1, 0.15) is 0 Å². The maximum atomic E-state index is 11.4. The number of esters is 2. The van der Waals surface area contributed by atoms with Crippen LogP contribution in [0.25, 0.3) is 0 Å². The molecular weight excluding hydrogens is 172 g/mol. The van der Waals surface area contributed by atoms with Gasteiger partial charge in [0.2, 0.25) is 0 Å². The van der Waals surface area contributed by atoms with Crippen LogP contribution in [-0.4, -0.2) is 25.2 Å². The standard InChI is InChI=1S/C9H10O4/c1-2-3-9-6(4-12-7(9)10)5-13-8(9)11/h2,6H,1,3-5H2. The van der Waals surface area contributed by atoms with Crippen molar-refractivity contribution in [2.75, 3.05) is 13.2 Å². The Bertz CT molecular complexity index is 261. The molecule has 4 nitrogen and oxygen atoms in total. The molecule has 0 aromatic rings. The van der Waals surface area contributed by atoms with Gasteiger partial charge in [0.25, 0.3) is 0 Å². The van der Waals surface area contributed by atoms with Crippen molar-refractivity contribution >= 4 is 11.9 Å². The fourth-order valence-corrected chi connectivity index (χ4v) is 1.92. The fraction of sp³-hybridized carbons (Fsp3) is 0.556. The Labute approximate surface area is 75.5 Å². The lowest BCUT2D eigenvalue weighted by atomic mass is 9.77. The van der Waals surface area contributed by atoms with Crippen molar-refractivity contribution in [1.82, 2.24) is 0 Å². The molecule has 0 atom stereocenters. The van der Waals surface area contributed by atoms with Crippen LogP contribution in [-0.2, 0) is 19.1 Å². The van der Waals surface area contributed by atoms with Crippen LogP contribution in [0.1, 0.15) is 6.42 Å². The molecule has 13 heavy (non-hydrogen) atoms. The molecule has 0 saturated carbocycles. The van der Waals surface area contributed by atoms with E-state index in [0.29, 0.717) is 19.6 Å². The second-order valence-corrected chi connectivity index (χ2v) is 3.36. The second-order valence-electron chi connectivity index (χ2n) is 3.36. The molecule has 0 aliphatic carbocycles. The van der Waals surface area contributed by atoms with Crippen LogP contribution >= 0.6 is 0 Å². The van der Waals surface area contributed by atoms with Gasteiger partial charge < -0.3 is 9.47 Å². The number of rotatable bonds is 2. The molecule has 2 fully saturated rings. The van der Waals surface area contributed by atoms with Gasteiger partial charge in [-0.2, -0.15) is 0 Å². The van der Waals surface area contributed by atoms with Crippen molar-refractivity contribution in [2.45, 2.75) is 6.42 Å². The van der Waals surface area contributed by atoms with Gasteiger partial charge in [-0.25, -0.2) is 0 Å². The van der Waals surface area contributed by atoms with Gasteiger partial charge in [0.15, 0.2) is 5.41 Å². The topological polar surface area (TPSA) is 52.6 Å². The molecule has 0 bridgehead atoms. The van der Waals surface area contributed by atoms with E-state index in [2.05, 4.69) is 6.58 Å². The number of ether oxygens (including phenoxy) is 2. The molecule has 0 N–H and O–H groups in total. The summed E-state index contributed by atoms with van der Waals surface area (Å²) in [5.74, 6) is -1.04. The van der Waals surface area contributed by atoms with Crippen LogP contribution in [0, 0.1) is 11.3 Å². The number of carbonyl (C=O) groups is 2. The second kappa shape index (κ2) is 2.58. The van der Waals surface area contributed by atoms with Crippen LogP contribution < -0.4 is 0 Å². The van der Waals surface area contributed by atoms with Crippen LogP contribution in [0.5, 0.6) is 0 Å². The predicted molar refractivity (Wildman–Crippen MR) is 42.7 cm³/mol. The maximum absolute atomic E-state index is 11.4. The third-order valence-corrected chi connectivity index (χ3v) is 2.72. The minimum atomic E-state index is -1.07. The molecule has 0 aromatic carbocycles. The average Bonchev–Trinajstić information content (AvgIpc) is 2.57. The lowest BCUT2D eigenvalue weighted by Gasteiger charge is -2.16. The van der Waals surface area contributed by atoms with Crippen LogP contribution in [0.3, 0.4) is 0 Å². The molecule has 2 aliphatic rings. The van der Waals surface area contributed by atoms with E-state index < -0.39 is 17.4 Å². The SMILES string of the molecule is C=CCC12C(=O)OCC1COC2=O. The molecule has 70 valence electrons. The molecule has 0 radical (unpaired) electrons. The lowest BCUT2D eigenvalue weighted by molar-refractivity contribution is -0.159. The Balaban J connectivity index is 2.40. The van der Waals surface area contributed by atoms with Crippen molar-refractivity contribution in [3.63, 3.8) is 0 Å². The van der Waals surface area contributed by atoms with E-state index in [1.165, 1.54) is 0 Å². The van der Waals surface area contributed by atoms with Gasteiger partial charge in [0, 0.05) is 0 Å². The molecule has 2 saturated heterocycles. The highest BCUT2D eigenvalue weighted by atomic mass is 16.6. The largest absolute Gasteiger partial charge is 0.464 e. The molecule has 0 aromatic heterocycles. The number of allylic oxidation sites excluding steroid dienone is 1. The smallest absolute Gasteiger partial charge is 0.324 e. The minimum Gasteiger partial charge on any atom is -0.464 e. The normalized spacial score (nSPS) is 36.8. The molecule has 2 aliphatic heterocycles. The lowest BCUT2D eigenvalue weighted by Crippen LogP contribution is -2.36. The number of cyclic esters (lactones) is 2. The number of fused-ring (bicyclic) bond motifs is 1. The molecule has 4 heteroatoms. The summed E-state index contributed by atoms with van der Waals surface area (Å²) in [6.07, 6.45) is 1.88. The average molecular weight is 182 g/mol. The zero-order valence-corrected chi connectivity index (χ0v) is 7.12. The third kappa shape index (κ3) is 0.855. The van der Waals surface area contributed by atoms with E-state index in [0.717, 1.165) is 0 Å². The summed E-state index contributed by atoms with van der Waals surface area (Å²) in [5.41, 5.74) is -1.07. The Kier molecular flexibility index (Phi) is 1.65. The first kappa shape index (κ1) is 8.29. The zero-order chi connectivity index (χ0) is 9.47. The summed E-state index contributed by atoms with van der Waals surface area (Å²) in [6.45, 7) is 4.11. The predicted octanol–water partition coefficient (Wildman–Crippen LogP) is 0.279. The van der Waals surface area contributed by atoms with E-state index in [9.17, 15) is 9.59 Å². The summed E-state index contributed by atoms with van der Waals surface area (Å²) >= 11 is 0. The van der Waals surface area contributed by atoms with Crippen molar-refractivity contribution < 1.29 is 19.1 Å². The first-order valence-corrected chi connectivity index (χ1v) is 4.17. The molecular formula is C9H10O4. The number of hydrogen-bond acceptors (Lipinski definition) is 4. The van der Waals surface area contributed by atoms with Gasteiger partial charge in [-0.3, -0.25) is 9.59 Å². The molecule has 2 rings (SSSR count). The monoisotopic (exact) mass is 182 g/mol. The fourth-order valence-electron chi connectivity index (χ4n) is 1.92. The molecule has 2 heterocycles. The van der Waals surface area contributed by atoms with Crippen molar-refractivity contribution in [1.29, 1.82) is 0 Å². The van der Waals surface area contributed by atoms with Gasteiger partial charge in [0.05, 0.1) is 19.1 Å². The van der Waals surface area contributed by atoms with E-state index in [4.69, 9.17) is 9.47 Å². The van der Waals surface area contributed by atoms with E-state index in [1.807, 2.05) is 0 Å². The highest BCUT2D eigenvalue weighted by Crippen LogP contribution is 2.44. The quantitative estimate of drug-likeness (QED) is 0.349. The molecule has 0 unspecified atom stereocenters. The first-order valence-electron chi connectivity index (χ1n) is 4.17. The van der Waals surface area contributed by atoms with E-state index in [-0.39, 0.29) is 5.92 Å². The zero-order valence-electron chi connectivity index (χ0n) is 7.12. The molecule has 0 amide bonds. The first-order chi connectivity index (χ1) is 6.21. The van der Waals surface area contributed by atoms with Gasteiger partial charge in [-0.05, 0) is 6.42 Å². The maximum Gasteiger partial charge on any atom is 0.324 e. The Morgan fingerprint density at radius 1 is 1.38 bits per heavy atom. The van der Waals surface area contributed by atoms with Crippen LogP contribution in [0.15, 0.2) is 12.7 Å². The molecule has 0 spiro atoms. The van der Waals surface area contributed by atoms with Gasteiger partial charge in [-0.15, -0.1) is 6.58 Å². The summed E-state index contributed by atoms with van der Waals surface area (Å²) in [6, 6.07) is 0. The summed E-state index contributed by atoms with van der Waals surface area (Å²) in [7, 11) is 0. The van der Waals surface area contributed by atoms with E-state index in [1.54, 1.807) is 6.08 Å². The third-order valence-electron chi connectivity index (χ3n) is 2.72. The summed E-state index contributed by atoms with van der Waals surface area (Å²) in [5, 5.41) is 0. The van der Waals surface area contributed by atoms with Crippen LogP contribution in [0.4, 0.5) is 0 Å². The minimum absolute atomic E-state index is 0.120. The van der Waals surface area contributed by atoms with Crippen molar-refractivity contribution in [2.24, 2.45) is 11.3 Å². The van der Waals surface area contributed by atoms with E-state index >= 15 is 0 Å². The number of hydrogen-bond donors (Lipinski definition) is 0.